The molecule has 27 heteroatoms. The average Bonchev–Trinajstić information content (AvgIpc) is 0.835. The number of anilines is 1. The van der Waals surface area contributed by atoms with Crippen molar-refractivity contribution in [3.05, 3.63) is 131 Å². The van der Waals surface area contributed by atoms with Gasteiger partial charge in [0, 0.05) is 72.3 Å². The number of rotatable bonds is 14. The van der Waals surface area contributed by atoms with E-state index in [1.165, 1.54) is 26.4 Å². The van der Waals surface area contributed by atoms with Crippen LogP contribution in [0.25, 0.3) is 0 Å². The lowest BCUT2D eigenvalue weighted by Crippen LogP contribution is -3.07. The summed E-state index contributed by atoms with van der Waals surface area (Å²) in [6.45, 7) is 26.4. The van der Waals surface area contributed by atoms with Gasteiger partial charge in [0.05, 0.1) is 74.5 Å². The number of amides is 4. The molecule has 0 unspecified atom stereocenters. The highest BCUT2D eigenvalue weighted by molar-refractivity contribution is 6.64. The molecule has 1 aromatic rings. The summed E-state index contributed by atoms with van der Waals surface area (Å²) < 4.78 is 22.2. The molecule has 98 heavy (non-hydrogen) atoms. The number of quaternary nitrogens is 2. The zero-order valence-electron chi connectivity index (χ0n) is 59.6. The molecule has 2 aliphatic heterocycles. The lowest BCUT2D eigenvalue weighted by molar-refractivity contribution is -0.852. The van der Waals surface area contributed by atoms with Gasteiger partial charge in [0.15, 0.2) is 17.2 Å². The van der Waals surface area contributed by atoms with E-state index >= 15 is 0 Å². The number of ketones is 2. The minimum atomic E-state index is -1.000. The maximum atomic E-state index is 13.6. The minimum Gasteiger partial charge on any atom is -1.00 e. The number of aliphatic hydroxyl groups excluding tert-OH is 2. The van der Waals surface area contributed by atoms with Gasteiger partial charge in [-0.05, 0) is 121 Å². The van der Waals surface area contributed by atoms with Gasteiger partial charge in [-0.15, -0.1) is 19.0 Å². The lowest BCUT2D eigenvalue weighted by atomic mass is 9.82. The third-order valence-electron chi connectivity index (χ3n) is 15.8. The smallest absolute Gasteiger partial charge is 0.405 e. The number of aromatic hydroxyl groups is 2. The number of allylic oxidation sites excluding steroid dienone is 8. The van der Waals surface area contributed by atoms with Crippen LogP contribution >= 0.6 is 24.0 Å². The first-order valence-electron chi connectivity index (χ1n) is 31.9. The molecule has 4 rings (SSSR count). The van der Waals surface area contributed by atoms with Gasteiger partial charge in [-0.1, -0.05) is 103 Å². The topological polar surface area (TPSA) is 378 Å². The number of hydrogen-bond donors (Lipinski definition) is 10. The Bertz CT molecular complexity index is 3120. The molecule has 1 aliphatic carbocycles. The number of nitrogens with zero attached hydrogens (tertiary/aromatic N) is 1. The summed E-state index contributed by atoms with van der Waals surface area (Å²) in [5, 5.41) is 61.0. The van der Waals surface area contributed by atoms with E-state index in [2.05, 4.69) is 23.8 Å². The maximum Gasteiger partial charge on any atom is 0.405 e. The Kier molecular flexibility index (Phi) is 44.5. The molecule has 4 amide bonds. The number of carboxylic acids is 1. The summed E-state index contributed by atoms with van der Waals surface area (Å²) in [6.07, 6.45) is 14.5. The first-order valence-corrected chi connectivity index (χ1v) is 32.2. The highest BCUT2D eigenvalue weighted by atomic mass is 35.5. The molecular formula is C71H108Cl3N7O17. The first kappa shape index (κ1) is 92.8. The Morgan fingerprint density at radius 3 is 1.60 bits per heavy atom. The molecule has 24 nitrogen and oxygen atoms in total. The Morgan fingerprint density at radius 1 is 0.765 bits per heavy atom. The Balaban J connectivity index is 0. The highest BCUT2D eigenvalue weighted by Gasteiger charge is 2.34. The minimum absolute atomic E-state index is 0. The van der Waals surface area contributed by atoms with Gasteiger partial charge in [-0.2, -0.15) is 0 Å². The summed E-state index contributed by atoms with van der Waals surface area (Å²) in [7, 11) is 10.1. The van der Waals surface area contributed by atoms with Crippen LogP contribution in [-0.4, -0.2) is 171 Å². The quantitative estimate of drug-likeness (QED) is 0.0319. The van der Waals surface area contributed by atoms with E-state index in [-0.39, 0.29) is 107 Å². The number of benzene rings is 1. The number of phenolic OH excluding ortho intramolecular Hbond substituents is 2. The number of halogens is 3. The number of hydrogen-bond acceptors (Lipinski definition) is 18. The standard InChI is InChI=1S/C32H44N2O7.C31H45N3O7.C4H8ClNO.C4H9NO2.2ClH/c1-8-9-13-23-24-14-18(2)15-27(40-7)28(36)21(5)16-22(6)30(41-32(33)39)19(3)11-10-12-20(4)31(38)34-25(29(24)37)17-26(23)35;1-8-12-33-26-22-13-17(2)14-25(40-7)27(36)20(5)15-21(6)29(41-31(32)39)18(3)10-9-11-19(4)30(38)34-23(28(22)37)16-24(26)35;1-6(2)3-4(5)7;1-5(2)3-4(6)7;;/h8,10-12,16-19,21,27-28,30,36H,1,9,13-15H2,2-7H3,(H2,33,39)(H,34,38);8-11,15-18,20,25,27,29,33,35-37H,1,12-14H2,2-7H3,(H2,32,39)(H,34,38);3H2,1-2H3;3H2,1-2H3,(H,6,7);2*1H/b11-10-,20-12+,22-16+;10-9-,19-11+,21-15+;;;;/t18-,19+,21+,27+,28-,30-;17-,18+,20+,25+,27-,29-;;;;/m11..../s1. The summed E-state index contributed by atoms with van der Waals surface area (Å²) in [5.74, 6) is -4.52. The van der Waals surface area contributed by atoms with Crippen molar-refractivity contribution in [2.75, 3.05) is 67.4 Å². The van der Waals surface area contributed by atoms with E-state index in [1.54, 1.807) is 108 Å². The van der Waals surface area contributed by atoms with Gasteiger partial charge >= 0.3 is 12.2 Å². The molecule has 13 N–H and O–H groups in total. The van der Waals surface area contributed by atoms with Crippen LogP contribution in [0.1, 0.15) is 107 Å². The predicted molar refractivity (Wildman–Crippen MR) is 375 cm³/mol. The molecule has 1 aromatic carbocycles. The Hall–Kier alpha value is -7.23. The van der Waals surface area contributed by atoms with Crippen LogP contribution in [0.4, 0.5) is 21.0 Å². The molecule has 4 bridgehead atoms. The first-order chi connectivity index (χ1) is 44.8. The number of phenols is 2. The monoisotopic (exact) mass is 1440 g/mol. The van der Waals surface area contributed by atoms with Crippen LogP contribution < -0.4 is 49.8 Å². The summed E-state index contributed by atoms with van der Waals surface area (Å²) >= 11 is 4.99. The largest absolute Gasteiger partial charge is 1.00 e. The summed E-state index contributed by atoms with van der Waals surface area (Å²) in [4.78, 5) is 98.2. The number of carboxylic acid groups (broad SMARTS) is 1. The number of ether oxygens (including phenoxy) is 4. The Labute approximate surface area is 595 Å². The number of aliphatic hydroxyl groups is 2. The highest BCUT2D eigenvalue weighted by Crippen LogP contribution is 2.41. The van der Waals surface area contributed by atoms with Gasteiger partial charge in [-0.25, -0.2) is 9.59 Å². The van der Waals surface area contributed by atoms with Crippen molar-refractivity contribution in [3.8, 4) is 11.5 Å². The molecule has 0 saturated heterocycles. The number of primary amides is 2. The van der Waals surface area contributed by atoms with Gasteiger partial charge in [-0.3, -0.25) is 24.0 Å². The number of aliphatic carboxylic acids is 1. The fraction of sp³-hybridized carbons (Fsp3) is 0.521. The molecule has 12 atom stereocenters. The van der Waals surface area contributed by atoms with Crippen LogP contribution in [-0.2, 0) is 54.1 Å². The van der Waals surface area contributed by atoms with Crippen molar-refractivity contribution in [1.29, 1.82) is 0 Å². The number of carbonyl (C=O) groups is 8. The Morgan fingerprint density at radius 2 is 1.22 bits per heavy atom. The maximum absolute atomic E-state index is 13.6. The summed E-state index contributed by atoms with van der Waals surface area (Å²) in [6, 6.07) is 1.33. The molecule has 0 aromatic heterocycles. The number of Topliss-reactive ketones (excluding diaryl/α,β-unsaturated/α-hetero) is 1. The SMILES string of the molecule is C=CCCC1=C2C[C@@H](C)C[C@H](OC)[C@H](O)[C@@H](C)/C=C(\C)[C@H](OC(N)=O)[C@@H](C)/C=C\C=C(/C)C(=O)NC(=CC1=O)C2=O.C=CC[NH2+]c1c(O)cc2c(O)c1C[C@@H](C)C[C@H](OC)[C@H](O)[C@@H](C)/C=C(\C)[C@H](OC(N)=O)[C@@H](C)/C=C\C=C(/C)C(=O)N2.CN(C)CC(=O)Cl.C[NH+](C)CC(=O)[O-].Cl.[Cl-]. The molecule has 0 saturated carbocycles. The van der Waals surface area contributed by atoms with Crippen LogP contribution in [0.2, 0.25) is 0 Å². The van der Waals surface area contributed by atoms with Crippen molar-refractivity contribution in [1.82, 2.24) is 10.2 Å². The van der Waals surface area contributed by atoms with E-state index in [4.69, 9.17) is 42.0 Å². The van der Waals surface area contributed by atoms with Crippen molar-refractivity contribution in [3.63, 3.8) is 0 Å². The second kappa shape index (κ2) is 46.9. The van der Waals surface area contributed by atoms with E-state index in [0.717, 1.165) is 4.90 Å². The normalized spacial score (nSPS) is 27.3. The third kappa shape index (κ3) is 32.6. The molecule has 3 aliphatic rings. The second-order valence-corrected chi connectivity index (χ2v) is 25.7. The number of methoxy groups -OCH3 is 2. The molecule has 0 radical (unpaired) electrons. The molecule has 2 heterocycles. The van der Waals surface area contributed by atoms with Crippen molar-refractivity contribution in [2.24, 2.45) is 47.0 Å². The summed E-state index contributed by atoms with van der Waals surface area (Å²) in [5.41, 5.74) is 14.5. The van der Waals surface area contributed by atoms with Gasteiger partial charge < -0.3 is 98.9 Å². The van der Waals surface area contributed by atoms with Gasteiger partial charge in [0.1, 0.15) is 24.5 Å². The fourth-order valence-corrected chi connectivity index (χ4v) is 11.1. The van der Waals surface area contributed by atoms with E-state index in [1.807, 2.05) is 60.6 Å². The molecule has 550 valence electrons. The molecule has 0 spiro atoms. The fourth-order valence-electron chi connectivity index (χ4n) is 10.9. The molecular weight excluding hydrogens is 1330 g/mol. The number of nitrogens with two attached hydrogens (primary N) is 3. The van der Waals surface area contributed by atoms with Crippen LogP contribution in [0.3, 0.4) is 0 Å². The number of nitrogens with one attached hydrogen (secondary N) is 3. The van der Waals surface area contributed by atoms with E-state index in [9.17, 15) is 63.9 Å². The third-order valence-corrected chi connectivity index (χ3v) is 16.0. The second-order valence-electron chi connectivity index (χ2n) is 25.3. The zero-order chi connectivity index (χ0) is 73.4. The number of likely N-dealkylation sites (N-methyl/N-ethyl adjacent to an activating group) is 2. The average molecular weight is 1440 g/mol. The lowest BCUT2D eigenvalue weighted by Gasteiger charge is -2.29. The zero-order valence-corrected chi connectivity index (χ0v) is 61.9. The van der Waals surface area contributed by atoms with E-state index in [0.29, 0.717) is 89.9 Å². The number of fused-ring (bicyclic) bond motifs is 4. The van der Waals surface area contributed by atoms with Crippen molar-refractivity contribution in [2.45, 2.75) is 144 Å². The van der Waals surface area contributed by atoms with Crippen molar-refractivity contribution >= 4 is 82.2 Å². The van der Waals surface area contributed by atoms with Gasteiger partial charge in [0.2, 0.25) is 11.0 Å². The van der Waals surface area contributed by atoms with E-state index < -0.39 is 72.4 Å². The predicted octanol–water partition coefficient (Wildman–Crippen LogP) is 2.57. The molecule has 0 fully saturated rings. The van der Waals surface area contributed by atoms with Crippen molar-refractivity contribution < 1.29 is 105 Å². The van der Waals surface area contributed by atoms with Crippen LogP contribution in [0, 0.1) is 35.5 Å². The van der Waals surface area contributed by atoms with Crippen LogP contribution in [0.15, 0.2) is 125 Å². The van der Waals surface area contributed by atoms with Gasteiger partial charge in [0.25, 0.3) is 11.8 Å². The number of carbonyl (C=O) groups excluding carboxylic acids is 8. The van der Waals surface area contributed by atoms with Crippen LogP contribution in [0.5, 0.6) is 11.5 Å².